The molecule has 1 aliphatic carbocycles. The number of fused-ring (bicyclic) bond motifs is 5. The van der Waals surface area contributed by atoms with E-state index in [-0.39, 0.29) is 38.3 Å². The van der Waals surface area contributed by atoms with E-state index in [0.29, 0.717) is 5.22 Å². The zero-order chi connectivity index (χ0) is 37.5. The molecule has 56 heavy (non-hydrogen) atoms. The Bertz CT molecular complexity index is 2950. The van der Waals surface area contributed by atoms with Crippen molar-refractivity contribution < 1.29 is 28.9 Å². The van der Waals surface area contributed by atoms with Crippen molar-refractivity contribution in [3.8, 4) is 22.6 Å². The third-order valence-electron chi connectivity index (χ3n) is 10.4. The monoisotopic (exact) mass is 924 g/mol. The largest absolute Gasteiger partial charge is 0.501 e. The molecule has 277 valence electrons. The molecular formula is C49H38FIrN3OSi-2. The number of nitrogens with zero attached hydrogens (tertiary/aromatic N) is 3. The van der Waals surface area contributed by atoms with Gasteiger partial charge in [-0.25, -0.2) is 4.39 Å². The average molecular weight is 924 g/mol. The predicted molar refractivity (Wildman–Crippen MR) is 226 cm³/mol. The summed E-state index contributed by atoms with van der Waals surface area (Å²) in [6.07, 6.45) is 2.29. The van der Waals surface area contributed by atoms with Crippen LogP contribution in [0, 0.1) is 12.1 Å². The van der Waals surface area contributed by atoms with Crippen molar-refractivity contribution in [1.82, 2.24) is 14.5 Å². The summed E-state index contributed by atoms with van der Waals surface area (Å²) in [5, 5.41) is 4.98. The van der Waals surface area contributed by atoms with Crippen LogP contribution in [-0.2, 0) is 20.1 Å². The van der Waals surface area contributed by atoms with Crippen LogP contribution in [0.25, 0.3) is 67.1 Å². The molecule has 7 heteroatoms. The number of furan rings is 1. The number of pyridine rings is 1. The van der Waals surface area contributed by atoms with Gasteiger partial charge in [-0.2, -0.15) is 0 Å². The molecule has 3 aromatic heterocycles. The SMILES string of the molecule is C[Si](C)(C)c1ccc(-c2[c-]cccc2)nc1.FC1=c2ccccc2=C(n2c(-c3[c-]ccc4c3oc3ccccc34)nc3ccccc32)C(c2ccccc2)C1.[Ir]. The second-order valence-corrected chi connectivity index (χ2v) is 20.0. The molecular weight excluding hydrogens is 886 g/mol. The maximum absolute atomic E-state index is 15.6. The van der Waals surface area contributed by atoms with Gasteiger partial charge >= 0.3 is 0 Å². The van der Waals surface area contributed by atoms with Gasteiger partial charge in [-0.1, -0.05) is 128 Å². The molecule has 1 radical (unpaired) electrons. The summed E-state index contributed by atoms with van der Waals surface area (Å²) in [5.41, 5.74) is 8.30. The van der Waals surface area contributed by atoms with Crippen LogP contribution in [0.2, 0.25) is 19.6 Å². The van der Waals surface area contributed by atoms with E-state index in [1.807, 2.05) is 121 Å². The molecule has 1 atom stereocenters. The fraction of sp³-hybridized carbons (Fsp3) is 0.102. The first-order chi connectivity index (χ1) is 26.8. The number of benzene rings is 6. The topological polar surface area (TPSA) is 43.9 Å². The van der Waals surface area contributed by atoms with E-state index in [0.717, 1.165) is 72.1 Å². The van der Waals surface area contributed by atoms with Crippen LogP contribution in [0.15, 0.2) is 162 Å². The van der Waals surface area contributed by atoms with Gasteiger partial charge in [0.1, 0.15) is 11.4 Å². The van der Waals surface area contributed by atoms with Gasteiger partial charge in [0.15, 0.2) is 0 Å². The van der Waals surface area contributed by atoms with Crippen molar-refractivity contribution in [2.24, 2.45) is 0 Å². The maximum atomic E-state index is 15.6. The van der Waals surface area contributed by atoms with Crippen LogP contribution in [0.4, 0.5) is 4.39 Å². The quantitative estimate of drug-likeness (QED) is 0.128. The molecule has 6 aromatic carbocycles. The Labute approximate surface area is 340 Å². The molecule has 0 saturated heterocycles. The van der Waals surface area contributed by atoms with Gasteiger partial charge in [0, 0.05) is 60.2 Å². The second-order valence-electron chi connectivity index (χ2n) is 14.9. The van der Waals surface area contributed by atoms with Crippen molar-refractivity contribution in [2.45, 2.75) is 32.0 Å². The Hall–Kier alpha value is -5.72. The van der Waals surface area contributed by atoms with Gasteiger partial charge in [0.25, 0.3) is 0 Å². The minimum Gasteiger partial charge on any atom is -0.501 e. The number of hydrogen-bond donors (Lipinski definition) is 0. The average Bonchev–Trinajstić information content (AvgIpc) is 3.80. The Balaban J connectivity index is 0.000000219. The zero-order valence-corrected chi connectivity index (χ0v) is 34.7. The van der Waals surface area contributed by atoms with Crippen molar-refractivity contribution in [2.75, 3.05) is 0 Å². The van der Waals surface area contributed by atoms with Crippen molar-refractivity contribution in [3.63, 3.8) is 0 Å². The van der Waals surface area contributed by atoms with Gasteiger partial charge in [-0.15, -0.1) is 54.1 Å². The summed E-state index contributed by atoms with van der Waals surface area (Å²) < 4.78 is 24.3. The molecule has 1 aliphatic rings. The van der Waals surface area contributed by atoms with Crippen LogP contribution in [-0.4, -0.2) is 22.6 Å². The van der Waals surface area contributed by atoms with E-state index in [2.05, 4.69) is 77.7 Å². The summed E-state index contributed by atoms with van der Waals surface area (Å²) in [6.45, 7) is 7.00. The normalized spacial score (nSPS) is 14.0. The number of halogens is 1. The fourth-order valence-corrected chi connectivity index (χ4v) is 8.63. The molecule has 4 nitrogen and oxygen atoms in total. The molecule has 10 rings (SSSR count). The maximum Gasteiger partial charge on any atom is 0.120 e. The molecule has 0 aliphatic heterocycles. The number of rotatable bonds is 5. The van der Waals surface area contributed by atoms with E-state index in [1.54, 1.807) is 0 Å². The minimum absolute atomic E-state index is 0. The number of imidazole rings is 1. The Morgan fingerprint density at radius 3 is 2.21 bits per heavy atom. The third-order valence-corrected chi connectivity index (χ3v) is 12.4. The summed E-state index contributed by atoms with van der Waals surface area (Å²) in [7, 11) is -1.23. The molecule has 1 unspecified atom stereocenters. The van der Waals surface area contributed by atoms with Gasteiger partial charge < -0.3 is 14.0 Å². The van der Waals surface area contributed by atoms with Gasteiger partial charge in [-0.3, -0.25) is 4.98 Å². The predicted octanol–water partition coefficient (Wildman–Crippen LogP) is 10.4. The standard InChI is InChI=1S/C35H22FN2O.C14H16NSi.Ir/c36-29-21-28(22-11-2-1-3-12-22)33(25-15-5-4-13-23(25)29)38-31-19-8-7-18-30(31)37-35(38)27-17-10-16-26-24-14-6-9-20-32(24)39-34(26)27;1-16(2,3)13-9-10-14(15-11-13)12-7-5-4-6-8-12;/h1-16,18-20,28H,21H2;4-7,9-11H,1-3H3;/q2*-1;. The number of aromatic nitrogens is 3. The molecule has 0 fully saturated rings. The smallest absolute Gasteiger partial charge is 0.120 e. The van der Waals surface area contributed by atoms with Crippen LogP contribution < -0.4 is 15.6 Å². The Morgan fingerprint density at radius 1 is 0.714 bits per heavy atom. The van der Waals surface area contributed by atoms with E-state index >= 15 is 4.39 Å². The van der Waals surface area contributed by atoms with Crippen LogP contribution in [0.3, 0.4) is 0 Å². The molecule has 9 aromatic rings. The van der Waals surface area contributed by atoms with Crippen LogP contribution in [0.1, 0.15) is 17.9 Å². The summed E-state index contributed by atoms with van der Waals surface area (Å²) in [4.78, 5) is 9.67. The van der Waals surface area contributed by atoms with Gasteiger partial charge in [0.05, 0.1) is 30.5 Å². The summed E-state index contributed by atoms with van der Waals surface area (Å²) in [6, 6.07) is 57.0. The van der Waals surface area contributed by atoms with Crippen molar-refractivity contribution in [1.29, 1.82) is 0 Å². The van der Waals surface area contributed by atoms with E-state index in [1.165, 1.54) is 5.19 Å². The first-order valence-corrected chi connectivity index (χ1v) is 22.1. The molecule has 0 saturated carbocycles. The van der Waals surface area contributed by atoms with E-state index < -0.39 is 8.07 Å². The summed E-state index contributed by atoms with van der Waals surface area (Å²) in [5.74, 6) is 0.432. The van der Waals surface area contributed by atoms with Crippen LogP contribution in [0.5, 0.6) is 0 Å². The number of hydrogen-bond acceptors (Lipinski definition) is 3. The van der Waals surface area contributed by atoms with E-state index in [4.69, 9.17) is 9.40 Å². The minimum atomic E-state index is -1.23. The third kappa shape index (κ3) is 6.88. The molecule has 0 amide bonds. The first kappa shape index (κ1) is 37.2. The first-order valence-electron chi connectivity index (χ1n) is 18.6. The van der Waals surface area contributed by atoms with Gasteiger partial charge in [-0.05, 0) is 34.6 Å². The second kappa shape index (κ2) is 15.4. The molecule has 0 bridgehead atoms. The van der Waals surface area contributed by atoms with Crippen molar-refractivity contribution in [3.05, 3.63) is 186 Å². The molecule has 0 N–H and O–H groups in total. The Kier molecular flexibility index (Phi) is 10.3. The van der Waals surface area contributed by atoms with Gasteiger partial charge in [0.2, 0.25) is 0 Å². The zero-order valence-electron chi connectivity index (χ0n) is 31.3. The molecule has 3 heterocycles. The fourth-order valence-electron chi connectivity index (χ4n) is 7.60. The van der Waals surface area contributed by atoms with Crippen LogP contribution >= 0.6 is 0 Å². The summed E-state index contributed by atoms with van der Waals surface area (Å²) >= 11 is 0. The van der Waals surface area contributed by atoms with E-state index in [9.17, 15) is 0 Å². The Morgan fingerprint density at radius 2 is 1.45 bits per heavy atom. The molecule has 0 spiro atoms. The number of para-hydroxylation sites is 3. The van der Waals surface area contributed by atoms with Crippen molar-refractivity contribution >= 4 is 57.8 Å².